The van der Waals surface area contributed by atoms with Crippen molar-refractivity contribution >= 4 is 93.5 Å². The van der Waals surface area contributed by atoms with E-state index in [4.69, 9.17) is 4.42 Å². The predicted molar refractivity (Wildman–Crippen MR) is 257 cm³/mol. The molecule has 1 heterocycles. The SMILES string of the molecule is Brc1cc(N(c2ccccc2)c2ccc(-c3cccc4c3oc3ccccc34)cc2)cc(N(c2ccc(-c3ccccc3)cc2)c2cc3ccccc3c3ccccc23)c1. The number of anilines is 6. The number of hydrogen-bond donors (Lipinski definition) is 0. The first-order valence-electron chi connectivity index (χ1n) is 20.2. The molecule has 0 amide bonds. The van der Waals surface area contributed by atoms with E-state index < -0.39 is 0 Å². The van der Waals surface area contributed by atoms with Crippen LogP contribution in [0, 0.1) is 0 Å². The molecule has 1 aromatic heterocycles. The first-order valence-corrected chi connectivity index (χ1v) is 21.0. The molecule has 0 aliphatic heterocycles. The van der Waals surface area contributed by atoms with Gasteiger partial charge < -0.3 is 14.2 Å². The van der Waals surface area contributed by atoms with Gasteiger partial charge >= 0.3 is 0 Å². The van der Waals surface area contributed by atoms with E-state index in [2.05, 4.69) is 238 Å². The minimum Gasteiger partial charge on any atom is -0.455 e. The van der Waals surface area contributed by atoms with Crippen molar-refractivity contribution in [2.75, 3.05) is 9.80 Å². The highest BCUT2D eigenvalue weighted by Crippen LogP contribution is 2.46. The summed E-state index contributed by atoms with van der Waals surface area (Å²) in [5.41, 5.74) is 12.7. The largest absolute Gasteiger partial charge is 0.455 e. The van der Waals surface area contributed by atoms with E-state index in [-0.39, 0.29) is 0 Å². The van der Waals surface area contributed by atoms with Gasteiger partial charge in [-0.15, -0.1) is 0 Å². The molecule has 0 aliphatic rings. The zero-order valence-electron chi connectivity index (χ0n) is 32.5. The maximum atomic E-state index is 6.44. The van der Waals surface area contributed by atoms with Crippen LogP contribution >= 0.6 is 15.9 Å². The van der Waals surface area contributed by atoms with Crippen LogP contribution in [0.15, 0.2) is 233 Å². The van der Waals surface area contributed by atoms with E-state index in [0.29, 0.717) is 0 Å². The van der Waals surface area contributed by atoms with Gasteiger partial charge in [-0.05, 0) is 99.6 Å². The molecule has 0 saturated carbocycles. The quantitative estimate of drug-likeness (QED) is 0.142. The van der Waals surface area contributed by atoms with E-state index >= 15 is 0 Å². The zero-order chi connectivity index (χ0) is 40.0. The van der Waals surface area contributed by atoms with Gasteiger partial charge in [0.1, 0.15) is 11.2 Å². The molecule has 284 valence electrons. The van der Waals surface area contributed by atoms with Gasteiger partial charge in [0.2, 0.25) is 0 Å². The van der Waals surface area contributed by atoms with Crippen LogP contribution < -0.4 is 9.80 Å². The van der Waals surface area contributed by atoms with Gasteiger partial charge in [0, 0.05) is 54.6 Å². The van der Waals surface area contributed by atoms with E-state index in [1.165, 1.54) is 32.7 Å². The Morgan fingerprint density at radius 3 is 1.62 bits per heavy atom. The Balaban J connectivity index is 1.07. The Morgan fingerprint density at radius 1 is 0.333 bits per heavy atom. The summed E-state index contributed by atoms with van der Waals surface area (Å²) in [7, 11) is 0. The summed E-state index contributed by atoms with van der Waals surface area (Å²) in [5, 5.41) is 7.08. The Morgan fingerprint density at radius 2 is 0.867 bits per heavy atom. The van der Waals surface area contributed by atoms with Crippen LogP contribution in [0.5, 0.6) is 0 Å². The average Bonchev–Trinajstić information content (AvgIpc) is 3.69. The van der Waals surface area contributed by atoms with Gasteiger partial charge in [-0.2, -0.15) is 0 Å². The summed E-state index contributed by atoms with van der Waals surface area (Å²) in [6.07, 6.45) is 0. The van der Waals surface area contributed by atoms with E-state index in [0.717, 1.165) is 71.7 Å². The maximum absolute atomic E-state index is 6.44. The van der Waals surface area contributed by atoms with Crippen molar-refractivity contribution in [1.29, 1.82) is 0 Å². The number of fused-ring (bicyclic) bond motifs is 6. The summed E-state index contributed by atoms with van der Waals surface area (Å²) >= 11 is 3.99. The second-order valence-electron chi connectivity index (χ2n) is 15.1. The van der Waals surface area contributed by atoms with Gasteiger partial charge in [-0.3, -0.25) is 0 Å². The third kappa shape index (κ3) is 6.39. The molecule has 3 nitrogen and oxygen atoms in total. The summed E-state index contributed by atoms with van der Waals surface area (Å²) in [5.74, 6) is 0. The minimum atomic E-state index is 0.898. The number of para-hydroxylation sites is 3. The molecule has 4 heteroatoms. The predicted octanol–water partition coefficient (Wildman–Crippen LogP) is 16.9. The fraction of sp³-hybridized carbons (Fsp3) is 0. The molecule has 0 bridgehead atoms. The minimum absolute atomic E-state index is 0.898. The number of rotatable bonds is 8. The summed E-state index contributed by atoms with van der Waals surface area (Å²) < 4.78 is 7.41. The summed E-state index contributed by atoms with van der Waals surface area (Å²) in [4.78, 5) is 4.73. The molecule has 0 radical (unpaired) electrons. The monoisotopic (exact) mass is 832 g/mol. The van der Waals surface area contributed by atoms with Crippen LogP contribution in [0.2, 0.25) is 0 Å². The Kier molecular flexibility index (Phi) is 8.98. The Bertz CT molecular complexity index is 3320. The highest BCUT2D eigenvalue weighted by Gasteiger charge is 2.22. The van der Waals surface area contributed by atoms with Crippen LogP contribution in [0.4, 0.5) is 34.1 Å². The second-order valence-corrected chi connectivity index (χ2v) is 16.0. The number of benzene rings is 10. The third-order valence-electron chi connectivity index (χ3n) is 11.5. The maximum Gasteiger partial charge on any atom is 0.143 e. The van der Waals surface area contributed by atoms with Crippen molar-refractivity contribution in [3.8, 4) is 22.3 Å². The summed E-state index contributed by atoms with van der Waals surface area (Å²) in [6, 6.07) is 80.1. The molecule has 0 saturated heterocycles. The Hall–Kier alpha value is -7.40. The van der Waals surface area contributed by atoms with Crippen molar-refractivity contribution in [1.82, 2.24) is 0 Å². The lowest BCUT2D eigenvalue weighted by Gasteiger charge is -2.31. The Labute approximate surface area is 357 Å². The van der Waals surface area contributed by atoms with Gasteiger partial charge in [0.15, 0.2) is 0 Å². The fourth-order valence-electron chi connectivity index (χ4n) is 8.69. The molecular formula is C56H37BrN2O. The van der Waals surface area contributed by atoms with Gasteiger partial charge in [-0.1, -0.05) is 174 Å². The van der Waals surface area contributed by atoms with E-state index in [1.54, 1.807) is 0 Å². The van der Waals surface area contributed by atoms with Crippen molar-refractivity contribution < 1.29 is 4.42 Å². The lowest BCUT2D eigenvalue weighted by Crippen LogP contribution is -2.14. The molecule has 10 aromatic carbocycles. The number of furan rings is 1. The number of hydrogen-bond acceptors (Lipinski definition) is 3. The smallest absolute Gasteiger partial charge is 0.143 e. The lowest BCUT2D eigenvalue weighted by molar-refractivity contribution is 0.670. The van der Waals surface area contributed by atoms with Crippen LogP contribution in [0.1, 0.15) is 0 Å². The molecule has 0 atom stereocenters. The molecule has 60 heavy (non-hydrogen) atoms. The van der Waals surface area contributed by atoms with Crippen LogP contribution in [-0.4, -0.2) is 0 Å². The molecule has 11 rings (SSSR count). The first kappa shape index (κ1) is 35.7. The zero-order valence-corrected chi connectivity index (χ0v) is 34.1. The molecule has 11 aromatic rings. The number of nitrogens with zero attached hydrogens (tertiary/aromatic N) is 2. The van der Waals surface area contributed by atoms with Gasteiger partial charge in [0.25, 0.3) is 0 Å². The molecule has 0 N–H and O–H groups in total. The molecule has 0 unspecified atom stereocenters. The second kappa shape index (κ2) is 15.1. The van der Waals surface area contributed by atoms with Crippen molar-refractivity contribution in [3.05, 3.63) is 229 Å². The highest BCUT2D eigenvalue weighted by molar-refractivity contribution is 9.10. The molecule has 0 aliphatic carbocycles. The molecule has 0 fully saturated rings. The van der Waals surface area contributed by atoms with Crippen LogP contribution in [0.25, 0.3) is 65.7 Å². The van der Waals surface area contributed by atoms with Crippen molar-refractivity contribution in [2.45, 2.75) is 0 Å². The van der Waals surface area contributed by atoms with E-state index in [9.17, 15) is 0 Å². The third-order valence-corrected chi connectivity index (χ3v) is 11.9. The van der Waals surface area contributed by atoms with Crippen molar-refractivity contribution in [2.24, 2.45) is 0 Å². The first-order chi connectivity index (χ1) is 29.7. The fourth-order valence-corrected chi connectivity index (χ4v) is 9.16. The van der Waals surface area contributed by atoms with E-state index in [1.807, 2.05) is 12.1 Å². The molecule has 0 spiro atoms. The normalized spacial score (nSPS) is 11.4. The lowest BCUT2D eigenvalue weighted by atomic mass is 9.98. The topological polar surface area (TPSA) is 19.6 Å². The highest BCUT2D eigenvalue weighted by atomic mass is 79.9. The average molecular weight is 834 g/mol. The molecular weight excluding hydrogens is 797 g/mol. The number of halogens is 1. The summed E-state index contributed by atoms with van der Waals surface area (Å²) in [6.45, 7) is 0. The van der Waals surface area contributed by atoms with Crippen LogP contribution in [-0.2, 0) is 0 Å². The van der Waals surface area contributed by atoms with Crippen LogP contribution in [0.3, 0.4) is 0 Å². The van der Waals surface area contributed by atoms with Gasteiger partial charge in [-0.25, -0.2) is 0 Å². The standard InChI is InChI=1S/C56H37BrN2O/c57-42-35-46(58(43-17-5-2-6-18-43)44-32-28-40(29-33-44)49-23-13-24-53-52-22-11-12-25-55(52)60-56(49)53)37-47(36-42)59(45-30-26-39(27-31-45)38-14-3-1-4-15-38)54-34-41-16-7-8-19-48(41)50-20-9-10-21-51(50)54/h1-37H. The van der Waals surface area contributed by atoms with Crippen molar-refractivity contribution in [3.63, 3.8) is 0 Å². The van der Waals surface area contributed by atoms with Gasteiger partial charge in [0.05, 0.1) is 5.69 Å².